The highest BCUT2D eigenvalue weighted by Gasteiger charge is 2.33. The van der Waals surface area contributed by atoms with Crippen molar-refractivity contribution in [2.24, 2.45) is 0 Å². The molecule has 2 aromatic rings. The van der Waals surface area contributed by atoms with Crippen LogP contribution in [-0.4, -0.2) is 16.9 Å². The number of carbonyl (C=O) groups is 1. The zero-order chi connectivity index (χ0) is 20.4. The molecule has 0 spiro atoms. The summed E-state index contributed by atoms with van der Waals surface area (Å²) in [6, 6.07) is 4.22. The molecule has 0 heterocycles. The van der Waals surface area contributed by atoms with Gasteiger partial charge >= 0.3 is 6.18 Å². The maximum atomic E-state index is 13.7. The van der Waals surface area contributed by atoms with Gasteiger partial charge in [0.15, 0.2) is 0 Å². The minimum absolute atomic E-state index is 0.172. The average molecular weight is 406 g/mol. The van der Waals surface area contributed by atoms with Gasteiger partial charge in [-0.1, -0.05) is 11.6 Å². The van der Waals surface area contributed by atoms with Crippen LogP contribution in [0, 0.1) is 15.9 Å². The fourth-order valence-corrected chi connectivity index (χ4v) is 2.29. The van der Waals surface area contributed by atoms with Crippen molar-refractivity contribution in [2.45, 2.75) is 19.1 Å². The van der Waals surface area contributed by atoms with Gasteiger partial charge < -0.3 is 10.6 Å². The minimum atomic E-state index is -4.75. The first-order valence-corrected chi connectivity index (χ1v) is 7.75. The number of halogens is 5. The summed E-state index contributed by atoms with van der Waals surface area (Å²) in [6.07, 6.45) is -4.75. The van der Waals surface area contributed by atoms with Gasteiger partial charge in [0.05, 0.1) is 16.2 Å². The van der Waals surface area contributed by atoms with Gasteiger partial charge in [-0.3, -0.25) is 14.9 Å². The molecule has 2 aromatic carbocycles. The standard InChI is InChI=1S/C16H12ClF4N3O3/c1-8(15(25)23-13-7-10(17)3-4-11(13)18)22-12-5-2-9(16(19,20)21)6-14(12)24(26)27/h2-8,22H,1H3,(H,23,25)/t8-/m1/s1. The molecule has 0 aliphatic carbocycles. The van der Waals surface area contributed by atoms with E-state index in [1.807, 2.05) is 0 Å². The lowest BCUT2D eigenvalue weighted by Crippen LogP contribution is -2.32. The third kappa shape index (κ3) is 5.07. The molecule has 0 aliphatic rings. The molecule has 0 radical (unpaired) electrons. The predicted octanol–water partition coefficient (Wildman–Crippen LogP) is 4.85. The highest BCUT2D eigenvalue weighted by Crippen LogP contribution is 2.35. The molecule has 6 nitrogen and oxygen atoms in total. The summed E-state index contributed by atoms with van der Waals surface area (Å²) in [5.74, 6) is -1.52. The van der Waals surface area contributed by atoms with Crippen LogP contribution >= 0.6 is 11.6 Å². The van der Waals surface area contributed by atoms with Crippen molar-refractivity contribution in [3.05, 3.63) is 62.9 Å². The molecule has 27 heavy (non-hydrogen) atoms. The van der Waals surface area contributed by atoms with E-state index in [1.165, 1.54) is 19.1 Å². The van der Waals surface area contributed by atoms with E-state index in [9.17, 15) is 32.5 Å². The summed E-state index contributed by atoms with van der Waals surface area (Å²) in [5.41, 5.74) is -2.54. The summed E-state index contributed by atoms with van der Waals surface area (Å²) in [4.78, 5) is 22.2. The molecule has 1 amide bonds. The number of nitro benzene ring substituents is 1. The number of hydrogen-bond acceptors (Lipinski definition) is 4. The van der Waals surface area contributed by atoms with Gasteiger partial charge in [-0.25, -0.2) is 4.39 Å². The van der Waals surface area contributed by atoms with E-state index in [0.717, 1.165) is 12.1 Å². The van der Waals surface area contributed by atoms with Crippen molar-refractivity contribution in [1.82, 2.24) is 0 Å². The zero-order valence-corrected chi connectivity index (χ0v) is 14.4. The lowest BCUT2D eigenvalue weighted by Gasteiger charge is -2.16. The second kappa shape index (κ2) is 7.78. The summed E-state index contributed by atoms with van der Waals surface area (Å²) in [6.45, 7) is 1.30. The number of rotatable bonds is 5. The Morgan fingerprint density at radius 3 is 2.44 bits per heavy atom. The highest BCUT2D eigenvalue weighted by atomic mass is 35.5. The molecule has 0 aromatic heterocycles. The van der Waals surface area contributed by atoms with Crippen LogP contribution < -0.4 is 10.6 Å². The maximum Gasteiger partial charge on any atom is 0.416 e. The number of benzene rings is 2. The molecule has 0 fully saturated rings. The fourth-order valence-electron chi connectivity index (χ4n) is 2.11. The summed E-state index contributed by atoms with van der Waals surface area (Å²) in [7, 11) is 0. The minimum Gasteiger partial charge on any atom is -0.368 e. The van der Waals surface area contributed by atoms with Crippen LogP contribution in [0.1, 0.15) is 12.5 Å². The van der Waals surface area contributed by atoms with Gasteiger partial charge in [0.2, 0.25) is 5.91 Å². The number of hydrogen-bond donors (Lipinski definition) is 2. The van der Waals surface area contributed by atoms with Crippen molar-refractivity contribution in [3.63, 3.8) is 0 Å². The number of alkyl halides is 3. The zero-order valence-electron chi connectivity index (χ0n) is 13.6. The van der Waals surface area contributed by atoms with Crippen LogP contribution in [0.2, 0.25) is 5.02 Å². The molecule has 0 saturated heterocycles. The molecular formula is C16H12ClF4N3O3. The molecule has 2 N–H and O–H groups in total. The molecular weight excluding hydrogens is 394 g/mol. The summed E-state index contributed by atoms with van der Waals surface area (Å²) >= 11 is 5.72. The molecule has 0 aliphatic heterocycles. The first-order chi connectivity index (χ1) is 12.5. The van der Waals surface area contributed by atoms with Gasteiger partial charge in [0, 0.05) is 11.1 Å². The van der Waals surface area contributed by atoms with Gasteiger partial charge in [-0.15, -0.1) is 0 Å². The number of nitrogens with zero attached hydrogens (tertiary/aromatic N) is 1. The number of nitrogens with one attached hydrogen (secondary N) is 2. The van der Waals surface area contributed by atoms with E-state index in [1.54, 1.807) is 0 Å². The van der Waals surface area contributed by atoms with E-state index >= 15 is 0 Å². The largest absolute Gasteiger partial charge is 0.416 e. The van der Waals surface area contributed by atoms with Crippen molar-refractivity contribution >= 4 is 34.6 Å². The van der Waals surface area contributed by atoms with Gasteiger partial charge in [0.25, 0.3) is 5.69 Å². The Labute approximate surface area is 155 Å². The molecule has 0 bridgehead atoms. The normalized spacial score (nSPS) is 12.4. The molecule has 2 rings (SSSR count). The van der Waals surface area contributed by atoms with Crippen molar-refractivity contribution in [3.8, 4) is 0 Å². The van der Waals surface area contributed by atoms with E-state index in [0.29, 0.717) is 12.1 Å². The Bertz CT molecular complexity index is 890. The van der Waals surface area contributed by atoms with Crippen molar-refractivity contribution in [1.29, 1.82) is 0 Å². The number of carbonyl (C=O) groups excluding carboxylic acids is 1. The fraction of sp³-hybridized carbons (Fsp3) is 0.188. The lowest BCUT2D eigenvalue weighted by molar-refractivity contribution is -0.384. The van der Waals surface area contributed by atoms with Gasteiger partial charge in [-0.2, -0.15) is 13.2 Å². The molecule has 0 saturated carbocycles. The maximum absolute atomic E-state index is 13.7. The van der Waals surface area contributed by atoms with E-state index in [-0.39, 0.29) is 16.4 Å². The van der Waals surface area contributed by atoms with Crippen LogP contribution in [0.15, 0.2) is 36.4 Å². The van der Waals surface area contributed by atoms with Crippen LogP contribution in [0.3, 0.4) is 0 Å². The lowest BCUT2D eigenvalue weighted by atomic mass is 10.1. The van der Waals surface area contributed by atoms with Crippen LogP contribution in [0.25, 0.3) is 0 Å². The SMILES string of the molecule is C[C@@H](Nc1ccc(C(F)(F)F)cc1[N+](=O)[O-])C(=O)Nc1cc(Cl)ccc1F. The van der Waals surface area contributed by atoms with Crippen LogP contribution in [0.5, 0.6) is 0 Å². The Balaban J connectivity index is 2.21. The molecule has 11 heteroatoms. The molecule has 144 valence electrons. The number of nitro groups is 1. The van der Waals surface area contributed by atoms with E-state index in [4.69, 9.17) is 11.6 Å². The first kappa shape index (κ1) is 20.4. The number of anilines is 2. The van der Waals surface area contributed by atoms with Crippen molar-refractivity contribution < 1.29 is 27.3 Å². The second-order valence-corrected chi connectivity index (χ2v) is 5.90. The van der Waals surface area contributed by atoms with Gasteiger partial charge in [-0.05, 0) is 37.3 Å². The third-order valence-electron chi connectivity index (χ3n) is 3.47. The third-order valence-corrected chi connectivity index (χ3v) is 3.71. The summed E-state index contributed by atoms with van der Waals surface area (Å²) < 4.78 is 51.8. The molecule has 0 unspecified atom stereocenters. The van der Waals surface area contributed by atoms with E-state index < -0.39 is 40.1 Å². The van der Waals surface area contributed by atoms with Crippen molar-refractivity contribution in [2.75, 3.05) is 10.6 Å². The Hall–Kier alpha value is -2.88. The Kier molecular flexibility index (Phi) is 5.89. The van der Waals surface area contributed by atoms with Crippen LogP contribution in [0.4, 0.5) is 34.6 Å². The second-order valence-electron chi connectivity index (χ2n) is 5.47. The smallest absolute Gasteiger partial charge is 0.368 e. The summed E-state index contributed by atoms with van der Waals surface area (Å²) in [5, 5.41) is 15.9. The first-order valence-electron chi connectivity index (χ1n) is 7.37. The Morgan fingerprint density at radius 1 is 1.19 bits per heavy atom. The molecule has 1 atom stereocenters. The average Bonchev–Trinajstić information content (AvgIpc) is 2.57. The Morgan fingerprint density at radius 2 is 1.85 bits per heavy atom. The monoisotopic (exact) mass is 405 g/mol. The predicted molar refractivity (Wildman–Crippen MR) is 91.2 cm³/mol. The quantitative estimate of drug-likeness (QED) is 0.423. The van der Waals surface area contributed by atoms with Crippen LogP contribution in [-0.2, 0) is 11.0 Å². The van der Waals surface area contributed by atoms with Gasteiger partial charge in [0.1, 0.15) is 17.5 Å². The topological polar surface area (TPSA) is 84.3 Å². The highest BCUT2D eigenvalue weighted by molar-refractivity contribution is 6.30. The van der Waals surface area contributed by atoms with E-state index in [2.05, 4.69) is 10.6 Å². The number of amides is 1.